The Morgan fingerprint density at radius 2 is 1.21 bits per heavy atom. The zero-order valence-corrected chi connectivity index (χ0v) is 21.4. The first-order chi connectivity index (χ1) is 16.7. The third kappa shape index (κ3) is 7.15. The second-order valence-corrected chi connectivity index (χ2v) is 8.57. The lowest BCUT2D eigenvalue weighted by Gasteiger charge is -2.24. The molecule has 0 bridgehead atoms. The van der Waals surface area contributed by atoms with E-state index in [2.05, 4.69) is 134 Å². The van der Waals surface area contributed by atoms with Gasteiger partial charge in [-0.15, -0.1) is 0 Å². The molecule has 3 heteroatoms. The Morgan fingerprint density at radius 3 is 1.74 bits per heavy atom. The lowest BCUT2D eigenvalue weighted by molar-refractivity contribution is 0.705. The summed E-state index contributed by atoms with van der Waals surface area (Å²) in [4.78, 5) is 4.76. The minimum atomic E-state index is 0.267. The summed E-state index contributed by atoms with van der Waals surface area (Å²) in [6.07, 6.45) is 6.60. The number of rotatable bonds is 13. The maximum absolute atomic E-state index is 3.75. The Morgan fingerprint density at radius 1 is 0.676 bits per heavy atom. The molecule has 0 radical (unpaired) electrons. The molecule has 180 valence electrons. The molecule has 3 nitrogen and oxygen atoms in total. The number of allylic oxidation sites excluding steroid dienone is 1. The SMILES string of the molecule is CCN(CC)c1ccc(C=CCCC(Nc2ccccc2)c2ccc(N(CC)CC)cc2)cc1. The third-order valence-corrected chi connectivity index (χ3v) is 6.49. The van der Waals surface area contributed by atoms with Crippen LogP contribution in [-0.4, -0.2) is 26.2 Å². The van der Waals surface area contributed by atoms with Crippen molar-refractivity contribution in [2.45, 2.75) is 46.6 Å². The highest BCUT2D eigenvalue weighted by Crippen LogP contribution is 2.27. The highest BCUT2D eigenvalue weighted by Gasteiger charge is 2.12. The van der Waals surface area contributed by atoms with Gasteiger partial charge in [-0.2, -0.15) is 0 Å². The number of hydrogen-bond acceptors (Lipinski definition) is 3. The minimum Gasteiger partial charge on any atom is -0.378 e. The Labute approximate surface area is 207 Å². The number of para-hydroxylation sites is 1. The van der Waals surface area contributed by atoms with Crippen molar-refractivity contribution >= 4 is 23.1 Å². The van der Waals surface area contributed by atoms with Gasteiger partial charge in [0.2, 0.25) is 0 Å². The van der Waals surface area contributed by atoms with Crippen LogP contribution in [0.15, 0.2) is 84.9 Å². The molecule has 3 aromatic rings. The van der Waals surface area contributed by atoms with Crippen LogP contribution in [0.2, 0.25) is 0 Å². The maximum atomic E-state index is 3.75. The van der Waals surface area contributed by atoms with Crippen molar-refractivity contribution in [1.29, 1.82) is 0 Å². The van der Waals surface area contributed by atoms with Gasteiger partial charge < -0.3 is 15.1 Å². The average molecular weight is 456 g/mol. The molecule has 1 N–H and O–H groups in total. The first-order valence-corrected chi connectivity index (χ1v) is 12.9. The monoisotopic (exact) mass is 455 g/mol. The molecule has 0 fully saturated rings. The van der Waals surface area contributed by atoms with Crippen LogP contribution in [0.5, 0.6) is 0 Å². The average Bonchev–Trinajstić information content (AvgIpc) is 2.89. The molecule has 0 aromatic heterocycles. The standard InChI is InChI=1S/C31H41N3/c1-5-33(6-2)29-22-18-26(19-23-29)14-12-13-17-31(32-28-15-10-9-11-16-28)27-20-24-30(25-21-27)34(7-3)8-4/h9-12,14-16,18-25,31-32H,5-8,13,17H2,1-4H3. The first-order valence-electron chi connectivity index (χ1n) is 12.9. The lowest BCUT2D eigenvalue weighted by atomic mass is 10.0. The van der Waals surface area contributed by atoms with E-state index >= 15 is 0 Å². The molecule has 0 spiro atoms. The highest BCUT2D eigenvalue weighted by molar-refractivity contribution is 5.56. The Bertz CT molecular complexity index is 969. The molecule has 1 unspecified atom stereocenters. The van der Waals surface area contributed by atoms with E-state index in [0.29, 0.717) is 0 Å². The molecule has 3 rings (SSSR count). The zero-order valence-electron chi connectivity index (χ0n) is 21.4. The number of nitrogens with zero attached hydrogens (tertiary/aromatic N) is 2. The summed E-state index contributed by atoms with van der Waals surface area (Å²) in [7, 11) is 0. The van der Waals surface area contributed by atoms with E-state index < -0.39 is 0 Å². The maximum Gasteiger partial charge on any atom is 0.0516 e. The predicted molar refractivity (Wildman–Crippen MR) is 151 cm³/mol. The van der Waals surface area contributed by atoms with Gasteiger partial charge in [-0.25, -0.2) is 0 Å². The second kappa shape index (κ2) is 13.5. The van der Waals surface area contributed by atoms with Gasteiger partial charge in [-0.3, -0.25) is 0 Å². The zero-order chi connectivity index (χ0) is 24.2. The third-order valence-electron chi connectivity index (χ3n) is 6.49. The lowest BCUT2D eigenvalue weighted by Crippen LogP contribution is -2.21. The number of anilines is 3. The van der Waals surface area contributed by atoms with Gasteiger partial charge in [0, 0.05) is 43.2 Å². The fourth-order valence-corrected chi connectivity index (χ4v) is 4.43. The number of hydrogen-bond donors (Lipinski definition) is 1. The molecule has 1 atom stereocenters. The molecule has 0 aliphatic rings. The molecule has 0 aliphatic heterocycles. The van der Waals surface area contributed by atoms with Crippen molar-refractivity contribution in [3.05, 3.63) is 96.1 Å². The second-order valence-electron chi connectivity index (χ2n) is 8.57. The molecule has 3 aromatic carbocycles. The fraction of sp³-hybridized carbons (Fsp3) is 0.355. The molecule has 0 saturated heterocycles. The predicted octanol–water partition coefficient (Wildman–Crippen LogP) is 8.03. The highest BCUT2D eigenvalue weighted by atomic mass is 15.1. The smallest absolute Gasteiger partial charge is 0.0516 e. The summed E-state index contributed by atoms with van der Waals surface area (Å²) in [6.45, 7) is 13.0. The Balaban J connectivity index is 1.67. The summed E-state index contributed by atoms with van der Waals surface area (Å²) in [5, 5.41) is 3.75. The van der Waals surface area contributed by atoms with Gasteiger partial charge in [0.25, 0.3) is 0 Å². The Kier molecular flexibility index (Phi) is 10.1. The van der Waals surface area contributed by atoms with Crippen molar-refractivity contribution in [1.82, 2.24) is 0 Å². The van der Waals surface area contributed by atoms with Crippen molar-refractivity contribution in [2.75, 3.05) is 41.3 Å². The van der Waals surface area contributed by atoms with Gasteiger partial charge in [-0.05, 0) is 88.1 Å². The van der Waals surface area contributed by atoms with Crippen molar-refractivity contribution in [3.8, 4) is 0 Å². The summed E-state index contributed by atoms with van der Waals surface area (Å²) in [5.74, 6) is 0. The van der Waals surface area contributed by atoms with E-state index in [1.165, 1.54) is 22.5 Å². The number of nitrogens with one attached hydrogen (secondary N) is 1. The molecule has 34 heavy (non-hydrogen) atoms. The first kappa shape index (κ1) is 25.4. The van der Waals surface area contributed by atoms with Gasteiger partial charge in [-0.1, -0.05) is 54.6 Å². The molecule has 0 saturated carbocycles. The van der Waals surface area contributed by atoms with Crippen LogP contribution in [0.4, 0.5) is 17.1 Å². The molecule has 0 aliphatic carbocycles. The van der Waals surface area contributed by atoms with E-state index in [4.69, 9.17) is 0 Å². The normalized spacial score (nSPS) is 12.0. The van der Waals surface area contributed by atoms with Crippen LogP contribution in [0.3, 0.4) is 0 Å². The Hall–Kier alpha value is -3.20. The summed E-state index contributed by atoms with van der Waals surface area (Å²) in [6, 6.07) is 28.8. The van der Waals surface area contributed by atoms with Crippen LogP contribution in [0.1, 0.15) is 57.7 Å². The van der Waals surface area contributed by atoms with E-state index in [1.807, 2.05) is 0 Å². The van der Waals surface area contributed by atoms with Gasteiger partial charge in [0.15, 0.2) is 0 Å². The van der Waals surface area contributed by atoms with Crippen LogP contribution >= 0.6 is 0 Å². The molecular weight excluding hydrogens is 414 g/mol. The van der Waals surface area contributed by atoms with Crippen LogP contribution in [0.25, 0.3) is 6.08 Å². The minimum absolute atomic E-state index is 0.267. The van der Waals surface area contributed by atoms with E-state index in [0.717, 1.165) is 44.7 Å². The van der Waals surface area contributed by atoms with Crippen LogP contribution in [-0.2, 0) is 0 Å². The molecule has 0 amide bonds. The quantitative estimate of drug-likeness (QED) is 0.281. The summed E-state index contributed by atoms with van der Waals surface area (Å²) < 4.78 is 0. The van der Waals surface area contributed by atoms with Crippen molar-refractivity contribution in [2.24, 2.45) is 0 Å². The fourth-order valence-electron chi connectivity index (χ4n) is 4.43. The van der Waals surface area contributed by atoms with Gasteiger partial charge >= 0.3 is 0 Å². The van der Waals surface area contributed by atoms with Crippen molar-refractivity contribution in [3.63, 3.8) is 0 Å². The molecular formula is C31H41N3. The topological polar surface area (TPSA) is 18.5 Å². The van der Waals surface area contributed by atoms with E-state index in [1.54, 1.807) is 0 Å². The van der Waals surface area contributed by atoms with Gasteiger partial charge in [0.05, 0.1) is 6.04 Å². The largest absolute Gasteiger partial charge is 0.378 e. The number of benzene rings is 3. The molecule has 0 heterocycles. The van der Waals surface area contributed by atoms with Crippen molar-refractivity contribution < 1.29 is 0 Å². The van der Waals surface area contributed by atoms with Gasteiger partial charge in [0.1, 0.15) is 0 Å². The summed E-state index contributed by atoms with van der Waals surface area (Å²) in [5.41, 5.74) is 6.34. The van der Waals surface area contributed by atoms with E-state index in [9.17, 15) is 0 Å². The summed E-state index contributed by atoms with van der Waals surface area (Å²) >= 11 is 0. The van der Waals surface area contributed by atoms with E-state index in [-0.39, 0.29) is 6.04 Å². The van der Waals surface area contributed by atoms with Crippen LogP contribution in [0, 0.1) is 0 Å². The van der Waals surface area contributed by atoms with Crippen LogP contribution < -0.4 is 15.1 Å².